The van der Waals surface area contributed by atoms with Crippen LogP contribution in [0.4, 0.5) is 23.0 Å². The minimum absolute atomic E-state index is 0.149. The molecular formula is C25H29N5O3. The van der Waals surface area contributed by atoms with Gasteiger partial charge in [0.15, 0.2) is 0 Å². The van der Waals surface area contributed by atoms with Crippen LogP contribution < -0.4 is 20.7 Å². The van der Waals surface area contributed by atoms with E-state index in [1.54, 1.807) is 6.20 Å². The lowest BCUT2D eigenvalue weighted by molar-refractivity contribution is 0.0259. The van der Waals surface area contributed by atoms with Crippen molar-refractivity contribution in [1.82, 2.24) is 9.97 Å². The molecule has 3 aromatic rings. The summed E-state index contributed by atoms with van der Waals surface area (Å²) in [5.74, 6) is 1.24. The van der Waals surface area contributed by atoms with Gasteiger partial charge >= 0.3 is 0 Å². The zero-order chi connectivity index (χ0) is 22.5. The second kappa shape index (κ2) is 10.1. The summed E-state index contributed by atoms with van der Waals surface area (Å²) in [7, 11) is 0. The molecule has 0 spiro atoms. The van der Waals surface area contributed by atoms with Gasteiger partial charge in [0.05, 0.1) is 37.8 Å². The molecule has 0 unspecified atom stereocenters. The largest absolute Gasteiger partial charge is 0.488 e. The number of aromatic nitrogens is 2. The van der Waals surface area contributed by atoms with Crippen molar-refractivity contribution in [2.75, 3.05) is 55.5 Å². The van der Waals surface area contributed by atoms with Crippen molar-refractivity contribution in [3.8, 4) is 17.0 Å². The van der Waals surface area contributed by atoms with E-state index in [1.807, 2.05) is 36.4 Å². The second-order valence-corrected chi connectivity index (χ2v) is 8.22. The maximum atomic E-state index is 6.29. The van der Waals surface area contributed by atoms with E-state index in [2.05, 4.69) is 32.3 Å². The molecule has 8 heteroatoms. The Labute approximate surface area is 193 Å². The van der Waals surface area contributed by atoms with Crippen molar-refractivity contribution in [2.45, 2.75) is 18.9 Å². The van der Waals surface area contributed by atoms with E-state index in [0.717, 1.165) is 69.3 Å². The van der Waals surface area contributed by atoms with E-state index < -0.39 is 0 Å². The van der Waals surface area contributed by atoms with Crippen molar-refractivity contribution < 1.29 is 14.2 Å². The molecule has 2 aliphatic rings. The highest BCUT2D eigenvalue weighted by atomic mass is 16.5. The molecule has 33 heavy (non-hydrogen) atoms. The number of nitrogens with one attached hydrogen (secondary N) is 1. The van der Waals surface area contributed by atoms with E-state index in [1.165, 1.54) is 5.69 Å². The number of nitrogens with zero attached hydrogens (tertiary/aromatic N) is 3. The standard InChI is InChI=1S/C25H29N5O3/c26-22-17-18(1-6-24(22)33-21-8-13-31-14-9-21)23-7-10-27-25(29-23)28-19-2-4-20(5-3-19)30-11-15-32-16-12-30/h1-7,10,17,21H,8-9,11-16,26H2,(H,27,28,29). The Morgan fingerprint density at radius 1 is 0.939 bits per heavy atom. The number of benzene rings is 2. The first kappa shape index (κ1) is 21.5. The van der Waals surface area contributed by atoms with Gasteiger partial charge in [-0.1, -0.05) is 0 Å². The predicted octanol–water partition coefficient (Wildman–Crippen LogP) is 3.86. The molecule has 0 aliphatic carbocycles. The van der Waals surface area contributed by atoms with Gasteiger partial charge in [0, 0.05) is 49.1 Å². The number of hydrogen-bond acceptors (Lipinski definition) is 8. The van der Waals surface area contributed by atoms with Gasteiger partial charge in [0.25, 0.3) is 0 Å². The summed E-state index contributed by atoms with van der Waals surface area (Å²) in [5.41, 5.74) is 10.7. The molecule has 0 saturated carbocycles. The number of morpholine rings is 1. The van der Waals surface area contributed by atoms with Crippen molar-refractivity contribution in [3.05, 3.63) is 54.7 Å². The number of nitrogens with two attached hydrogens (primary N) is 1. The fraction of sp³-hybridized carbons (Fsp3) is 0.360. The number of anilines is 4. The Bertz CT molecular complexity index is 1060. The third-order valence-corrected chi connectivity index (χ3v) is 5.92. The molecule has 172 valence electrons. The van der Waals surface area contributed by atoms with Crippen LogP contribution in [0, 0.1) is 0 Å². The Morgan fingerprint density at radius 3 is 2.45 bits per heavy atom. The summed E-state index contributed by atoms with van der Waals surface area (Å²) >= 11 is 0. The van der Waals surface area contributed by atoms with Crippen molar-refractivity contribution in [1.29, 1.82) is 0 Å². The molecule has 3 N–H and O–H groups in total. The van der Waals surface area contributed by atoms with Gasteiger partial charge < -0.3 is 30.2 Å². The minimum Gasteiger partial charge on any atom is -0.488 e. The molecule has 8 nitrogen and oxygen atoms in total. The Balaban J connectivity index is 1.26. The SMILES string of the molecule is Nc1cc(-c2ccnc(Nc3ccc(N4CCOCC4)cc3)n2)ccc1OC1CCOCC1. The van der Waals surface area contributed by atoms with Crippen LogP contribution in [0.3, 0.4) is 0 Å². The molecule has 2 aliphatic heterocycles. The van der Waals surface area contributed by atoms with Crippen LogP contribution in [-0.2, 0) is 9.47 Å². The lowest BCUT2D eigenvalue weighted by atomic mass is 10.1. The van der Waals surface area contributed by atoms with Crippen LogP contribution in [0.25, 0.3) is 11.3 Å². The fourth-order valence-corrected chi connectivity index (χ4v) is 4.07. The molecule has 3 heterocycles. The van der Waals surface area contributed by atoms with Gasteiger partial charge in [0.2, 0.25) is 5.95 Å². The fourth-order valence-electron chi connectivity index (χ4n) is 4.07. The molecule has 0 atom stereocenters. The highest BCUT2D eigenvalue weighted by molar-refractivity contribution is 5.69. The third kappa shape index (κ3) is 5.35. The lowest BCUT2D eigenvalue weighted by Gasteiger charge is -2.28. The van der Waals surface area contributed by atoms with Crippen LogP contribution in [0.1, 0.15) is 12.8 Å². The van der Waals surface area contributed by atoms with E-state index in [0.29, 0.717) is 17.4 Å². The zero-order valence-corrected chi connectivity index (χ0v) is 18.6. The van der Waals surface area contributed by atoms with Gasteiger partial charge in [-0.3, -0.25) is 0 Å². The second-order valence-electron chi connectivity index (χ2n) is 8.22. The molecule has 2 saturated heterocycles. The van der Waals surface area contributed by atoms with Gasteiger partial charge in [-0.2, -0.15) is 0 Å². The van der Waals surface area contributed by atoms with E-state index in [4.69, 9.17) is 19.9 Å². The van der Waals surface area contributed by atoms with Crippen LogP contribution in [0.2, 0.25) is 0 Å². The summed E-state index contributed by atoms with van der Waals surface area (Å²) in [6.45, 7) is 4.84. The average molecular weight is 448 g/mol. The lowest BCUT2D eigenvalue weighted by Crippen LogP contribution is -2.36. The van der Waals surface area contributed by atoms with Gasteiger partial charge in [-0.25, -0.2) is 9.97 Å². The summed E-state index contributed by atoms with van der Waals surface area (Å²) in [5, 5.41) is 3.29. The van der Waals surface area contributed by atoms with Crippen LogP contribution in [-0.4, -0.2) is 55.6 Å². The first-order valence-electron chi connectivity index (χ1n) is 11.4. The maximum Gasteiger partial charge on any atom is 0.227 e. The quantitative estimate of drug-likeness (QED) is 0.550. The first-order chi connectivity index (χ1) is 16.2. The minimum atomic E-state index is 0.149. The first-order valence-corrected chi connectivity index (χ1v) is 11.4. The molecule has 0 radical (unpaired) electrons. The van der Waals surface area contributed by atoms with Gasteiger partial charge in [-0.15, -0.1) is 0 Å². The van der Waals surface area contributed by atoms with Gasteiger partial charge in [0.1, 0.15) is 11.9 Å². The highest BCUT2D eigenvalue weighted by Crippen LogP contribution is 2.30. The summed E-state index contributed by atoms with van der Waals surface area (Å²) in [4.78, 5) is 11.4. The summed E-state index contributed by atoms with van der Waals surface area (Å²) < 4.78 is 16.9. The van der Waals surface area contributed by atoms with E-state index in [-0.39, 0.29) is 6.10 Å². The van der Waals surface area contributed by atoms with Crippen molar-refractivity contribution in [3.63, 3.8) is 0 Å². The zero-order valence-electron chi connectivity index (χ0n) is 18.6. The topological polar surface area (TPSA) is 94.8 Å². The van der Waals surface area contributed by atoms with Crippen LogP contribution >= 0.6 is 0 Å². The van der Waals surface area contributed by atoms with Crippen molar-refractivity contribution >= 4 is 23.0 Å². The van der Waals surface area contributed by atoms with E-state index in [9.17, 15) is 0 Å². The molecular weight excluding hydrogens is 418 g/mol. The molecule has 1 aromatic heterocycles. The smallest absolute Gasteiger partial charge is 0.227 e. The molecule has 0 bridgehead atoms. The van der Waals surface area contributed by atoms with Crippen LogP contribution in [0.5, 0.6) is 5.75 Å². The Kier molecular flexibility index (Phi) is 6.55. The number of ether oxygens (including phenoxy) is 3. The Morgan fingerprint density at radius 2 is 1.70 bits per heavy atom. The monoisotopic (exact) mass is 447 g/mol. The number of rotatable bonds is 6. The molecule has 2 aromatic carbocycles. The number of hydrogen-bond donors (Lipinski definition) is 2. The number of nitrogen functional groups attached to an aromatic ring is 1. The maximum absolute atomic E-state index is 6.29. The van der Waals surface area contributed by atoms with Crippen molar-refractivity contribution in [2.24, 2.45) is 0 Å². The average Bonchev–Trinajstić information content (AvgIpc) is 2.87. The summed E-state index contributed by atoms with van der Waals surface area (Å²) in [6, 6.07) is 16.0. The molecule has 2 fully saturated rings. The third-order valence-electron chi connectivity index (χ3n) is 5.92. The van der Waals surface area contributed by atoms with Crippen LogP contribution in [0.15, 0.2) is 54.7 Å². The van der Waals surface area contributed by atoms with E-state index >= 15 is 0 Å². The molecule has 0 amide bonds. The Hall–Kier alpha value is -3.36. The van der Waals surface area contributed by atoms with Gasteiger partial charge in [-0.05, 0) is 48.5 Å². The molecule has 5 rings (SSSR count). The highest BCUT2D eigenvalue weighted by Gasteiger charge is 2.17. The predicted molar refractivity (Wildman–Crippen MR) is 129 cm³/mol. The normalized spacial score (nSPS) is 17.0. The summed E-state index contributed by atoms with van der Waals surface area (Å²) in [6.07, 6.45) is 3.66.